The number of para-hydroxylation sites is 1. The molecule has 2 amide bonds. The average molecular weight is 388 g/mol. The summed E-state index contributed by atoms with van der Waals surface area (Å²) in [7, 11) is 1.62. The Kier molecular flexibility index (Phi) is 7.00. The van der Waals surface area contributed by atoms with Crippen LogP contribution >= 0.6 is 0 Å². The minimum absolute atomic E-state index is 0.329. The van der Waals surface area contributed by atoms with E-state index in [1.165, 1.54) is 4.90 Å². The maximum atomic E-state index is 12.9. The molecule has 0 unspecified atom stereocenters. The predicted molar refractivity (Wildman–Crippen MR) is 114 cm³/mol. The molecule has 0 atom stereocenters. The van der Waals surface area contributed by atoms with Gasteiger partial charge in [0.05, 0.1) is 13.7 Å². The number of carbonyl (C=O) groups excluding carboxylic acids is 2. The number of anilines is 1. The monoisotopic (exact) mass is 388 g/mol. The molecule has 0 fully saturated rings. The summed E-state index contributed by atoms with van der Waals surface area (Å²) in [5, 5.41) is 2.73. The van der Waals surface area contributed by atoms with Crippen LogP contribution in [0.1, 0.15) is 11.1 Å². The molecule has 0 aromatic heterocycles. The van der Waals surface area contributed by atoms with Crippen molar-refractivity contribution in [2.24, 2.45) is 0 Å². The van der Waals surface area contributed by atoms with E-state index in [0.717, 1.165) is 16.9 Å². The molecule has 0 saturated carbocycles. The van der Waals surface area contributed by atoms with Gasteiger partial charge in [0.1, 0.15) is 5.75 Å². The van der Waals surface area contributed by atoms with Crippen molar-refractivity contribution in [1.29, 1.82) is 0 Å². The van der Waals surface area contributed by atoms with E-state index in [0.29, 0.717) is 25.2 Å². The fourth-order valence-electron chi connectivity index (χ4n) is 2.97. The number of rotatable bonds is 7. The largest absolute Gasteiger partial charge is 0.497 e. The number of methoxy groups -OCH3 is 1. The molecule has 0 spiro atoms. The lowest BCUT2D eigenvalue weighted by Gasteiger charge is -2.22. The highest BCUT2D eigenvalue weighted by molar-refractivity contribution is 6.40. The van der Waals surface area contributed by atoms with Gasteiger partial charge in [-0.25, -0.2) is 0 Å². The molecule has 3 aromatic rings. The van der Waals surface area contributed by atoms with Crippen molar-refractivity contribution in [1.82, 2.24) is 5.32 Å². The van der Waals surface area contributed by atoms with E-state index < -0.39 is 11.8 Å². The third-order valence-corrected chi connectivity index (χ3v) is 4.55. The Labute approximate surface area is 170 Å². The molecule has 0 aliphatic rings. The van der Waals surface area contributed by atoms with Gasteiger partial charge in [0.25, 0.3) is 0 Å². The zero-order valence-corrected chi connectivity index (χ0v) is 16.4. The number of nitrogens with one attached hydrogen (secondary N) is 1. The molecule has 29 heavy (non-hydrogen) atoms. The van der Waals surface area contributed by atoms with Crippen LogP contribution in [0.2, 0.25) is 0 Å². The van der Waals surface area contributed by atoms with E-state index in [1.54, 1.807) is 7.11 Å². The minimum Gasteiger partial charge on any atom is -0.497 e. The third kappa shape index (κ3) is 5.69. The van der Waals surface area contributed by atoms with Gasteiger partial charge in [0, 0.05) is 12.2 Å². The van der Waals surface area contributed by atoms with Crippen LogP contribution in [0.5, 0.6) is 5.75 Å². The first-order valence-corrected chi connectivity index (χ1v) is 9.49. The van der Waals surface area contributed by atoms with Gasteiger partial charge in [-0.3, -0.25) is 14.5 Å². The van der Waals surface area contributed by atoms with Crippen molar-refractivity contribution in [3.8, 4) is 5.75 Å². The smallest absolute Gasteiger partial charge is 0.316 e. The van der Waals surface area contributed by atoms with Gasteiger partial charge in [0.2, 0.25) is 0 Å². The first kappa shape index (κ1) is 20.1. The molecular weight excluding hydrogens is 364 g/mol. The lowest BCUT2D eigenvalue weighted by atomic mass is 10.1. The number of ether oxygens (including phenoxy) is 1. The van der Waals surface area contributed by atoms with E-state index >= 15 is 0 Å². The van der Waals surface area contributed by atoms with Crippen LogP contribution in [-0.4, -0.2) is 25.5 Å². The van der Waals surface area contributed by atoms with E-state index in [-0.39, 0.29) is 0 Å². The number of benzene rings is 3. The summed E-state index contributed by atoms with van der Waals surface area (Å²) in [4.78, 5) is 26.9. The Morgan fingerprint density at radius 1 is 0.828 bits per heavy atom. The summed E-state index contributed by atoms with van der Waals surface area (Å²) in [5.41, 5.74) is 2.70. The van der Waals surface area contributed by atoms with Crippen LogP contribution in [0.4, 0.5) is 5.69 Å². The van der Waals surface area contributed by atoms with E-state index in [1.807, 2.05) is 84.9 Å². The molecule has 5 nitrogen and oxygen atoms in total. The molecule has 148 valence electrons. The Bertz CT molecular complexity index is 925. The summed E-state index contributed by atoms with van der Waals surface area (Å²) < 4.78 is 5.14. The average Bonchev–Trinajstić information content (AvgIpc) is 2.78. The Hall–Kier alpha value is -3.60. The second-order valence-electron chi connectivity index (χ2n) is 6.57. The highest BCUT2D eigenvalue weighted by Crippen LogP contribution is 2.17. The zero-order valence-electron chi connectivity index (χ0n) is 16.4. The molecule has 5 heteroatoms. The molecule has 0 aliphatic carbocycles. The fraction of sp³-hybridized carbons (Fsp3) is 0.167. The van der Waals surface area contributed by atoms with Gasteiger partial charge >= 0.3 is 11.8 Å². The van der Waals surface area contributed by atoms with Crippen molar-refractivity contribution in [3.63, 3.8) is 0 Å². The highest BCUT2D eigenvalue weighted by Gasteiger charge is 2.23. The third-order valence-electron chi connectivity index (χ3n) is 4.55. The molecular formula is C24H24N2O3. The number of hydrogen-bond donors (Lipinski definition) is 1. The lowest BCUT2D eigenvalue weighted by molar-refractivity contribution is -0.137. The maximum absolute atomic E-state index is 12.9. The minimum atomic E-state index is -0.613. The Balaban J connectivity index is 1.63. The predicted octanol–water partition coefficient (Wildman–Crippen LogP) is 3.59. The first-order valence-electron chi connectivity index (χ1n) is 9.49. The lowest BCUT2D eigenvalue weighted by Crippen LogP contribution is -2.43. The van der Waals surface area contributed by atoms with E-state index in [9.17, 15) is 9.59 Å². The Morgan fingerprint density at radius 3 is 2.07 bits per heavy atom. The van der Waals surface area contributed by atoms with Crippen LogP contribution in [0.3, 0.4) is 0 Å². The van der Waals surface area contributed by atoms with Crippen molar-refractivity contribution in [2.45, 2.75) is 13.0 Å². The van der Waals surface area contributed by atoms with Crippen molar-refractivity contribution in [2.75, 3.05) is 18.6 Å². The second kappa shape index (κ2) is 10.1. The topological polar surface area (TPSA) is 58.6 Å². The van der Waals surface area contributed by atoms with Crippen LogP contribution in [0, 0.1) is 0 Å². The molecule has 1 N–H and O–H groups in total. The first-order chi connectivity index (χ1) is 14.2. The number of carbonyl (C=O) groups is 2. The highest BCUT2D eigenvalue weighted by atomic mass is 16.5. The zero-order chi connectivity index (χ0) is 20.5. The summed E-state index contributed by atoms with van der Waals surface area (Å²) in [6.07, 6.45) is 0.632. The van der Waals surface area contributed by atoms with Crippen LogP contribution in [0.25, 0.3) is 0 Å². The van der Waals surface area contributed by atoms with Crippen LogP contribution in [-0.2, 0) is 22.6 Å². The van der Waals surface area contributed by atoms with E-state index in [2.05, 4.69) is 5.32 Å². The van der Waals surface area contributed by atoms with Gasteiger partial charge < -0.3 is 10.1 Å². The molecule has 0 radical (unpaired) electrons. The molecule has 0 aliphatic heterocycles. The van der Waals surface area contributed by atoms with Gasteiger partial charge in [-0.15, -0.1) is 0 Å². The van der Waals surface area contributed by atoms with Gasteiger partial charge in [-0.05, 0) is 41.8 Å². The van der Waals surface area contributed by atoms with Gasteiger partial charge in [0.15, 0.2) is 0 Å². The molecule has 0 saturated heterocycles. The summed E-state index contributed by atoms with van der Waals surface area (Å²) in [6, 6.07) is 26.5. The van der Waals surface area contributed by atoms with Crippen LogP contribution in [0.15, 0.2) is 84.9 Å². The number of nitrogens with zero attached hydrogens (tertiary/aromatic N) is 1. The van der Waals surface area contributed by atoms with Crippen LogP contribution < -0.4 is 15.0 Å². The normalized spacial score (nSPS) is 10.2. The quantitative estimate of drug-likeness (QED) is 0.630. The molecule has 0 bridgehead atoms. The van der Waals surface area contributed by atoms with Gasteiger partial charge in [-0.2, -0.15) is 0 Å². The SMILES string of the molecule is COc1ccc(CCNC(=O)C(=O)N(Cc2ccccc2)c2ccccc2)cc1. The standard InChI is InChI=1S/C24H24N2O3/c1-29-22-14-12-19(13-15-22)16-17-25-23(27)24(28)26(21-10-6-3-7-11-21)18-20-8-4-2-5-9-20/h2-15H,16-18H2,1H3,(H,25,27). The fourth-order valence-corrected chi connectivity index (χ4v) is 2.97. The van der Waals surface area contributed by atoms with Crippen molar-refractivity contribution < 1.29 is 14.3 Å². The molecule has 3 aromatic carbocycles. The van der Waals surface area contributed by atoms with Crippen molar-refractivity contribution >= 4 is 17.5 Å². The maximum Gasteiger partial charge on any atom is 0.316 e. The summed E-state index contributed by atoms with van der Waals surface area (Å²) >= 11 is 0. The Morgan fingerprint density at radius 2 is 1.45 bits per heavy atom. The number of hydrogen-bond acceptors (Lipinski definition) is 3. The van der Waals surface area contributed by atoms with E-state index in [4.69, 9.17) is 4.74 Å². The number of amides is 2. The molecule has 0 heterocycles. The van der Waals surface area contributed by atoms with Gasteiger partial charge in [-0.1, -0.05) is 60.7 Å². The van der Waals surface area contributed by atoms with Crippen molar-refractivity contribution in [3.05, 3.63) is 96.1 Å². The molecule has 3 rings (SSSR count). The summed E-state index contributed by atoms with van der Waals surface area (Å²) in [6.45, 7) is 0.709. The second-order valence-corrected chi connectivity index (χ2v) is 6.57. The summed E-state index contributed by atoms with van der Waals surface area (Å²) in [5.74, 6) is -0.402.